The molecular formula is C17H21ClN2O5. The number of aliphatic hydroxyl groups is 1. The molecule has 7 nitrogen and oxygen atoms in total. The van der Waals surface area contributed by atoms with Crippen molar-refractivity contribution >= 4 is 18.1 Å². The lowest BCUT2D eigenvalue weighted by Gasteiger charge is -2.20. The monoisotopic (exact) mass is 368 g/mol. The summed E-state index contributed by atoms with van der Waals surface area (Å²) in [5, 5.41) is 21.7. The van der Waals surface area contributed by atoms with E-state index in [2.05, 4.69) is 0 Å². The first kappa shape index (κ1) is 20.7. The van der Waals surface area contributed by atoms with Crippen LogP contribution in [0.4, 0.5) is 5.69 Å². The Morgan fingerprint density at radius 3 is 2.24 bits per heavy atom. The number of rotatable bonds is 7. The summed E-state index contributed by atoms with van der Waals surface area (Å²) in [7, 11) is 2.82. The number of hydrogen-bond acceptors (Lipinski definition) is 6. The fourth-order valence-electron chi connectivity index (χ4n) is 2.50. The number of benzene rings is 2. The Kier molecular flexibility index (Phi) is 7.63. The molecule has 0 spiro atoms. The number of aliphatic hydroxyl groups excluding tert-OH is 1. The smallest absolute Gasteiger partial charge is 0.278 e. The molecule has 8 heteroatoms. The molecule has 0 aliphatic rings. The Morgan fingerprint density at radius 2 is 1.72 bits per heavy atom. The SMILES string of the molecule is COc1cc([C@H](N)[C@H](O)Cc2ccccc2)c([N+](=O)[O-])cc1OC.Cl. The van der Waals surface area contributed by atoms with Crippen LogP contribution in [0.15, 0.2) is 42.5 Å². The van der Waals surface area contributed by atoms with Gasteiger partial charge in [-0.1, -0.05) is 30.3 Å². The zero-order valence-corrected chi connectivity index (χ0v) is 14.7. The van der Waals surface area contributed by atoms with Crippen LogP contribution in [0.1, 0.15) is 17.2 Å². The van der Waals surface area contributed by atoms with Gasteiger partial charge in [-0.25, -0.2) is 0 Å². The second-order valence-corrected chi connectivity index (χ2v) is 5.31. The summed E-state index contributed by atoms with van der Waals surface area (Å²) < 4.78 is 10.3. The average Bonchev–Trinajstić information content (AvgIpc) is 2.60. The van der Waals surface area contributed by atoms with Gasteiger partial charge in [0, 0.05) is 6.42 Å². The largest absolute Gasteiger partial charge is 0.493 e. The fraction of sp³-hybridized carbons (Fsp3) is 0.294. The Hall–Kier alpha value is -2.35. The van der Waals surface area contributed by atoms with Gasteiger partial charge in [-0.15, -0.1) is 12.4 Å². The summed E-state index contributed by atoms with van der Waals surface area (Å²) in [5.74, 6) is 0.554. The van der Waals surface area contributed by atoms with Crippen LogP contribution in [0.25, 0.3) is 0 Å². The van der Waals surface area contributed by atoms with Crippen molar-refractivity contribution in [3.63, 3.8) is 0 Å². The summed E-state index contributed by atoms with van der Waals surface area (Å²) in [6.07, 6.45) is -0.697. The second kappa shape index (κ2) is 9.22. The highest BCUT2D eigenvalue weighted by atomic mass is 35.5. The minimum Gasteiger partial charge on any atom is -0.493 e. The van der Waals surface area contributed by atoms with Crippen LogP contribution in [0.5, 0.6) is 11.5 Å². The standard InChI is InChI=1S/C17H20N2O5.ClH/c1-23-15-9-12(13(19(21)22)10-16(15)24-2)17(18)14(20)8-11-6-4-3-5-7-11;/h3-7,9-10,14,17,20H,8,18H2,1-2H3;1H/t14-,17+;/m1./s1. The lowest BCUT2D eigenvalue weighted by molar-refractivity contribution is -0.385. The van der Waals surface area contributed by atoms with Gasteiger partial charge in [-0.3, -0.25) is 10.1 Å². The maximum atomic E-state index is 11.3. The van der Waals surface area contributed by atoms with Crippen molar-refractivity contribution in [2.75, 3.05) is 14.2 Å². The molecule has 25 heavy (non-hydrogen) atoms. The first-order valence-corrected chi connectivity index (χ1v) is 7.35. The van der Waals surface area contributed by atoms with Crippen LogP contribution in [0, 0.1) is 10.1 Å². The average molecular weight is 369 g/mol. The number of methoxy groups -OCH3 is 2. The van der Waals surface area contributed by atoms with E-state index in [0.717, 1.165) is 5.56 Å². The zero-order chi connectivity index (χ0) is 17.7. The molecule has 0 aliphatic heterocycles. The molecule has 2 aromatic rings. The molecule has 0 unspecified atom stereocenters. The van der Waals surface area contributed by atoms with Crippen molar-refractivity contribution in [2.45, 2.75) is 18.6 Å². The molecule has 0 aliphatic carbocycles. The van der Waals surface area contributed by atoms with E-state index >= 15 is 0 Å². The van der Waals surface area contributed by atoms with E-state index in [-0.39, 0.29) is 35.8 Å². The van der Waals surface area contributed by atoms with Gasteiger partial charge in [-0.2, -0.15) is 0 Å². The maximum absolute atomic E-state index is 11.3. The molecule has 2 rings (SSSR count). The lowest BCUT2D eigenvalue weighted by Crippen LogP contribution is -2.28. The van der Waals surface area contributed by atoms with E-state index in [9.17, 15) is 15.2 Å². The quantitative estimate of drug-likeness (QED) is 0.574. The van der Waals surface area contributed by atoms with E-state index in [0.29, 0.717) is 5.75 Å². The first-order valence-electron chi connectivity index (χ1n) is 7.35. The Bertz CT molecular complexity index is 712. The predicted molar refractivity (Wildman–Crippen MR) is 96.5 cm³/mol. The lowest BCUT2D eigenvalue weighted by atomic mass is 9.95. The highest BCUT2D eigenvalue weighted by molar-refractivity contribution is 5.85. The van der Waals surface area contributed by atoms with E-state index < -0.39 is 17.1 Å². The summed E-state index contributed by atoms with van der Waals surface area (Å²) in [6, 6.07) is 11.1. The van der Waals surface area contributed by atoms with E-state index in [4.69, 9.17) is 15.2 Å². The van der Waals surface area contributed by atoms with Gasteiger partial charge in [0.25, 0.3) is 5.69 Å². The molecule has 0 amide bonds. The number of ether oxygens (including phenoxy) is 2. The van der Waals surface area contributed by atoms with Crippen LogP contribution in [0.2, 0.25) is 0 Å². The summed E-state index contributed by atoms with van der Waals surface area (Å²) in [6.45, 7) is 0. The topological polar surface area (TPSA) is 108 Å². The van der Waals surface area contributed by atoms with Gasteiger partial charge in [-0.05, 0) is 11.6 Å². The normalized spacial score (nSPS) is 12.6. The van der Waals surface area contributed by atoms with E-state index in [1.54, 1.807) is 0 Å². The highest BCUT2D eigenvalue weighted by Crippen LogP contribution is 2.37. The number of halogens is 1. The molecule has 2 atom stereocenters. The molecule has 2 aromatic carbocycles. The molecule has 0 aromatic heterocycles. The third kappa shape index (κ3) is 4.82. The third-order valence-electron chi connectivity index (χ3n) is 3.79. The molecule has 0 heterocycles. The van der Waals surface area contributed by atoms with Crippen molar-refractivity contribution in [1.29, 1.82) is 0 Å². The van der Waals surface area contributed by atoms with Crippen molar-refractivity contribution in [3.8, 4) is 11.5 Å². The number of nitro groups is 1. The Labute approximate surface area is 151 Å². The number of hydrogen-bond donors (Lipinski definition) is 2. The third-order valence-corrected chi connectivity index (χ3v) is 3.79. The minimum atomic E-state index is -0.982. The summed E-state index contributed by atoms with van der Waals surface area (Å²) in [5.41, 5.74) is 6.96. The van der Waals surface area contributed by atoms with Gasteiger partial charge < -0.3 is 20.3 Å². The molecule has 0 fully saturated rings. The molecule has 3 N–H and O–H groups in total. The number of nitrogens with zero attached hydrogens (tertiary/aromatic N) is 1. The molecule has 136 valence electrons. The number of nitro benzene ring substituents is 1. The first-order chi connectivity index (χ1) is 11.5. The minimum absolute atomic E-state index is 0. The zero-order valence-electron chi connectivity index (χ0n) is 13.9. The van der Waals surface area contributed by atoms with Gasteiger partial charge in [0.15, 0.2) is 11.5 Å². The van der Waals surface area contributed by atoms with Crippen molar-refractivity contribution in [2.24, 2.45) is 5.73 Å². The summed E-state index contributed by atoms with van der Waals surface area (Å²) in [4.78, 5) is 10.8. The van der Waals surface area contributed by atoms with Gasteiger partial charge >= 0.3 is 0 Å². The van der Waals surface area contributed by atoms with Crippen LogP contribution in [-0.2, 0) is 6.42 Å². The van der Waals surface area contributed by atoms with Gasteiger partial charge in [0.2, 0.25) is 0 Å². The summed E-state index contributed by atoms with van der Waals surface area (Å²) >= 11 is 0. The van der Waals surface area contributed by atoms with Crippen LogP contribution in [0.3, 0.4) is 0 Å². The fourth-order valence-corrected chi connectivity index (χ4v) is 2.50. The molecule has 0 bridgehead atoms. The highest BCUT2D eigenvalue weighted by Gasteiger charge is 2.28. The van der Waals surface area contributed by atoms with Gasteiger partial charge in [0.1, 0.15) is 0 Å². The van der Waals surface area contributed by atoms with Crippen LogP contribution in [-0.4, -0.2) is 30.4 Å². The number of nitrogens with two attached hydrogens (primary N) is 1. The van der Waals surface area contributed by atoms with Crippen LogP contribution >= 0.6 is 12.4 Å². The van der Waals surface area contributed by atoms with E-state index in [1.165, 1.54) is 26.4 Å². The van der Waals surface area contributed by atoms with Crippen molar-refractivity contribution in [1.82, 2.24) is 0 Å². The maximum Gasteiger partial charge on any atom is 0.278 e. The molecular weight excluding hydrogens is 348 g/mol. The molecule has 0 radical (unpaired) electrons. The van der Waals surface area contributed by atoms with Crippen LogP contribution < -0.4 is 15.2 Å². The van der Waals surface area contributed by atoms with E-state index in [1.807, 2.05) is 30.3 Å². The predicted octanol–water partition coefficient (Wildman–Crippen LogP) is 2.64. The molecule has 0 saturated carbocycles. The van der Waals surface area contributed by atoms with Crippen molar-refractivity contribution in [3.05, 3.63) is 63.7 Å². The second-order valence-electron chi connectivity index (χ2n) is 5.31. The molecule has 0 saturated heterocycles. The van der Waals surface area contributed by atoms with Crippen molar-refractivity contribution < 1.29 is 19.5 Å². The van der Waals surface area contributed by atoms with Gasteiger partial charge in [0.05, 0.1) is 42.9 Å². The Morgan fingerprint density at radius 1 is 1.16 bits per heavy atom. The Balaban J connectivity index is 0.00000312.